The van der Waals surface area contributed by atoms with Crippen LogP contribution in [0, 0.1) is 17.3 Å². The third kappa shape index (κ3) is 6.21. The van der Waals surface area contributed by atoms with Gasteiger partial charge in [0.25, 0.3) is 0 Å². The minimum atomic E-state index is -0.797. The van der Waals surface area contributed by atoms with Crippen LogP contribution in [0.1, 0.15) is 97.6 Å². The van der Waals surface area contributed by atoms with Gasteiger partial charge in [-0.05, 0) is 76.3 Å². The van der Waals surface area contributed by atoms with Crippen LogP contribution < -0.4 is 14.8 Å². The van der Waals surface area contributed by atoms with Gasteiger partial charge in [0, 0.05) is 17.9 Å². The van der Waals surface area contributed by atoms with Crippen molar-refractivity contribution in [3.05, 3.63) is 23.9 Å². The molecule has 1 aromatic heterocycles. The van der Waals surface area contributed by atoms with Crippen LogP contribution in [0.15, 0.2) is 18.2 Å². The van der Waals surface area contributed by atoms with E-state index in [1.54, 1.807) is 18.9 Å². The summed E-state index contributed by atoms with van der Waals surface area (Å²) in [5, 5.41) is 3.02. The summed E-state index contributed by atoms with van der Waals surface area (Å²) < 4.78 is 18.2. The smallest absolute Gasteiger partial charge is 0.408 e. The topological polar surface area (TPSA) is 120 Å². The van der Waals surface area contributed by atoms with E-state index >= 15 is 0 Å². The first-order valence-corrected chi connectivity index (χ1v) is 16.9. The monoisotopic (exact) mass is 620 g/mol. The van der Waals surface area contributed by atoms with E-state index in [2.05, 4.69) is 12.2 Å². The van der Waals surface area contributed by atoms with Crippen molar-refractivity contribution in [1.82, 2.24) is 20.2 Å². The van der Waals surface area contributed by atoms with Gasteiger partial charge in [-0.25, -0.2) is 14.8 Å². The van der Waals surface area contributed by atoms with Crippen LogP contribution in [0.25, 0.3) is 11.0 Å². The summed E-state index contributed by atoms with van der Waals surface area (Å²) in [5.41, 5.74) is 1.28. The summed E-state index contributed by atoms with van der Waals surface area (Å²) in [5.74, 6) is 0.871. The number of fused-ring (bicyclic) bond motifs is 5. The molecule has 4 aliphatic rings. The standard InChI is InChI=1S/C35H48N4O6/c1-6-24-28-20-39(29(24)21(2)40)32(41)30(34(3)16-10-11-17-34)38-33(42)45-35(4)19-22(35)12-8-7-9-13-26-31(44-28)37-27-18-23(43-5)14-15-25(27)36-26/h14-15,18,22,24,28-30H,6-13,16-17,19-20H2,1-5H3,(H,38,42)/t22-,24-,28+,29-,30-,35-/m1/s1. The van der Waals surface area contributed by atoms with E-state index in [1.165, 1.54) is 0 Å². The predicted octanol–water partition coefficient (Wildman–Crippen LogP) is 5.78. The Morgan fingerprint density at radius 1 is 1.09 bits per heavy atom. The zero-order chi connectivity index (χ0) is 31.9. The molecule has 6 rings (SSSR count). The number of methoxy groups -OCH3 is 1. The van der Waals surface area contributed by atoms with Crippen LogP contribution in [0.4, 0.5) is 4.79 Å². The van der Waals surface area contributed by atoms with E-state index in [0.29, 0.717) is 35.9 Å². The first-order chi connectivity index (χ1) is 21.5. The molecule has 2 bridgehead atoms. The Morgan fingerprint density at radius 3 is 2.58 bits per heavy atom. The Balaban J connectivity index is 1.39. The molecular formula is C35H48N4O6. The molecule has 10 nitrogen and oxygen atoms in total. The highest BCUT2D eigenvalue weighted by Gasteiger charge is 2.55. The van der Waals surface area contributed by atoms with Crippen molar-refractivity contribution < 1.29 is 28.6 Å². The number of ether oxygens (including phenoxy) is 3. The van der Waals surface area contributed by atoms with Gasteiger partial charge >= 0.3 is 6.09 Å². The molecule has 3 heterocycles. The number of amides is 2. The molecule has 2 amide bonds. The van der Waals surface area contributed by atoms with Crippen molar-refractivity contribution in [2.45, 2.75) is 122 Å². The molecule has 244 valence electrons. The van der Waals surface area contributed by atoms with Gasteiger partial charge in [-0.1, -0.05) is 39.5 Å². The molecule has 1 N–H and O–H groups in total. The Morgan fingerprint density at radius 2 is 1.87 bits per heavy atom. The van der Waals surface area contributed by atoms with Gasteiger partial charge in [0.1, 0.15) is 29.2 Å². The maximum absolute atomic E-state index is 14.6. The van der Waals surface area contributed by atoms with Crippen LogP contribution in [0.2, 0.25) is 0 Å². The van der Waals surface area contributed by atoms with Crippen molar-refractivity contribution in [3.8, 4) is 11.6 Å². The zero-order valence-electron chi connectivity index (χ0n) is 27.4. The number of nitrogens with one attached hydrogen (secondary N) is 1. The number of ketones is 1. The summed E-state index contributed by atoms with van der Waals surface area (Å²) in [6, 6.07) is 4.18. The van der Waals surface area contributed by atoms with E-state index in [0.717, 1.165) is 69.0 Å². The molecule has 0 unspecified atom stereocenters. The number of Topliss-reactive ketones (excluding diaryl/α,β-unsaturated/α-hetero) is 1. The summed E-state index contributed by atoms with van der Waals surface area (Å²) in [6.07, 6.45) is 8.71. The van der Waals surface area contributed by atoms with E-state index in [-0.39, 0.29) is 24.2 Å². The van der Waals surface area contributed by atoms with Crippen molar-refractivity contribution in [3.63, 3.8) is 0 Å². The molecule has 10 heteroatoms. The number of carbonyl (C=O) groups excluding carboxylic acids is 3. The molecule has 2 saturated carbocycles. The summed E-state index contributed by atoms with van der Waals surface area (Å²) in [6.45, 7) is 7.86. The summed E-state index contributed by atoms with van der Waals surface area (Å²) in [7, 11) is 1.62. The van der Waals surface area contributed by atoms with Crippen LogP contribution >= 0.6 is 0 Å². The summed E-state index contributed by atoms with van der Waals surface area (Å²) in [4.78, 5) is 52.8. The summed E-state index contributed by atoms with van der Waals surface area (Å²) >= 11 is 0. The van der Waals surface area contributed by atoms with Gasteiger partial charge in [0.2, 0.25) is 11.8 Å². The maximum atomic E-state index is 14.6. The fraction of sp³-hybridized carbons (Fsp3) is 0.686. The lowest BCUT2D eigenvalue weighted by Crippen LogP contribution is -2.58. The largest absolute Gasteiger partial charge is 0.497 e. The van der Waals surface area contributed by atoms with E-state index in [1.807, 2.05) is 32.0 Å². The van der Waals surface area contributed by atoms with E-state index in [4.69, 9.17) is 24.2 Å². The van der Waals surface area contributed by atoms with Crippen molar-refractivity contribution in [2.24, 2.45) is 17.3 Å². The molecule has 0 spiro atoms. The van der Waals surface area contributed by atoms with Crippen molar-refractivity contribution in [2.75, 3.05) is 13.7 Å². The molecular weight excluding hydrogens is 572 g/mol. The predicted molar refractivity (Wildman–Crippen MR) is 169 cm³/mol. The molecule has 1 saturated heterocycles. The maximum Gasteiger partial charge on any atom is 0.408 e. The molecule has 2 aliphatic carbocycles. The first-order valence-electron chi connectivity index (χ1n) is 16.9. The fourth-order valence-electron chi connectivity index (χ4n) is 8.17. The van der Waals surface area contributed by atoms with Gasteiger partial charge in [0.05, 0.1) is 30.7 Å². The van der Waals surface area contributed by atoms with Gasteiger partial charge < -0.3 is 24.4 Å². The molecule has 3 fully saturated rings. The van der Waals surface area contributed by atoms with Crippen LogP contribution in [0.3, 0.4) is 0 Å². The average Bonchev–Trinajstić information content (AvgIpc) is 3.30. The quantitative estimate of drug-likeness (QED) is 0.457. The Kier molecular flexibility index (Phi) is 8.69. The number of nitrogens with zero attached hydrogens (tertiary/aromatic N) is 3. The third-order valence-corrected chi connectivity index (χ3v) is 11.0. The normalized spacial score (nSPS) is 31.9. The number of hydrogen-bond acceptors (Lipinski definition) is 8. The van der Waals surface area contributed by atoms with Gasteiger partial charge in [0.15, 0.2) is 5.78 Å². The second-order valence-corrected chi connectivity index (χ2v) is 14.2. The lowest BCUT2D eigenvalue weighted by molar-refractivity contribution is -0.142. The molecule has 45 heavy (non-hydrogen) atoms. The second kappa shape index (κ2) is 12.4. The average molecular weight is 621 g/mol. The first kappa shape index (κ1) is 31.5. The number of carbonyl (C=O) groups is 3. The minimum absolute atomic E-state index is 0.0898. The van der Waals surface area contributed by atoms with E-state index in [9.17, 15) is 14.4 Å². The SMILES string of the molecule is CC[C@@H]1[C@@H]2CN(C(=O)[C@H](C3(C)CCCC3)NC(=O)O[C@]3(C)C[C@H]3CCCCCc3nc4ccc(OC)cc4nc3O2)[C@@H]1C(C)=O. The number of aryl methyl sites for hydroxylation is 1. The Bertz CT molecular complexity index is 1460. The van der Waals surface area contributed by atoms with Crippen molar-refractivity contribution in [1.29, 1.82) is 0 Å². The number of rotatable bonds is 4. The number of hydrogen-bond donors (Lipinski definition) is 1. The Hall–Kier alpha value is -3.43. The number of alkyl carbamates (subject to hydrolysis) is 1. The molecule has 1 aromatic carbocycles. The van der Waals surface area contributed by atoms with Crippen LogP contribution in [-0.2, 0) is 20.7 Å². The molecule has 2 aliphatic heterocycles. The lowest BCUT2D eigenvalue weighted by atomic mass is 9.79. The van der Waals surface area contributed by atoms with Crippen LogP contribution in [0.5, 0.6) is 11.6 Å². The fourth-order valence-corrected chi connectivity index (χ4v) is 8.17. The van der Waals surface area contributed by atoms with Crippen molar-refractivity contribution >= 4 is 28.8 Å². The van der Waals surface area contributed by atoms with Gasteiger partial charge in [-0.3, -0.25) is 9.59 Å². The minimum Gasteiger partial charge on any atom is -0.497 e. The van der Waals surface area contributed by atoms with E-state index < -0.39 is 35.3 Å². The highest BCUT2D eigenvalue weighted by molar-refractivity contribution is 5.93. The third-order valence-electron chi connectivity index (χ3n) is 11.0. The Labute approximate surface area is 266 Å². The number of benzene rings is 1. The highest BCUT2D eigenvalue weighted by atomic mass is 16.6. The van der Waals surface area contributed by atoms with Gasteiger partial charge in [-0.2, -0.15) is 0 Å². The molecule has 6 atom stereocenters. The zero-order valence-corrected chi connectivity index (χ0v) is 27.4. The number of aromatic nitrogens is 2. The van der Waals surface area contributed by atoms with Gasteiger partial charge in [-0.15, -0.1) is 0 Å². The highest BCUT2D eigenvalue weighted by Crippen LogP contribution is 2.50. The lowest BCUT2D eigenvalue weighted by Gasteiger charge is -2.37. The second-order valence-electron chi connectivity index (χ2n) is 14.2. The molecule has 2 aromatic rings. The van der Waals surface area contributed by atoms with Crippen LogP contribution in [-0.4, -0.2) is 70.1 Å². The molecule has 0 radical (unpaired) electrons.